The molecule has 0 spiro atoms. The van der Waals surface area contributed by atoms with E-state index in [2.05, 4.69) is 26.5 Å². The van der Waals surface area contributed by atoms with E-state index in [0.29, 0.717) is 0 Å². The van der Waals surface area contributed by atoms with Crippen LogP contribution in [0.15, 0.2) is 6.07 Å². The predicted molar refractivity (Wildman–Crippen MR) is 81.3 cm³/mol. The van der Waals surface area contributed by atoms with Crippen LogP contribution in [0.2, 0.25) is 0 Å². The van der Waals surface area contributed by atoms with Crippen LogP contribution >= 0.6 is 11.3 Å². The fourth-order valence-electron chi connectivity index (χ4n) is 2.55. The van der Waals surface area contributed by atoms with Gasteiger partial charge in [-0.15, -0.1) is 11.3 Å². The van der Waals surface area contributed by atoms with Gasteiger partial charge in [0.05, 0.1) is 11.4 Å². The molecule has 0 atom stereocenters. The molecule has 5 nitrogen and oxygen atoms in total. The van der Waals surface area contributed by atoms with Gasteiger partial charge >= 0.3 is 0 Å². The zero-order valence-corrected chi connectivity index (χ0v) is 13.1. The fourth-order valence-corrected chi connectivity index (χ4v) is 3.79. The van der Waals surface area contributed by atoms with Crippen molar-refractivity contribution in [3.05, 3.63) is 22.3 Å². The number of hydrogen-bond acceptors (Lipinski definition) is 4. The molecule has 106 valence electrons. The smallest absolute Gasteiger partial charge is 0.265 e. The SMILES string of the molecule is Cc1n[nH]c(C)c1-c1cc2c(s1)C(=O)NC(C)(C)N2C. The molecule has 3 heterocycles. The summed E-state index contributed by atoms with van der Waals surface area (Å²) in [5.74, 6) is -0.00171. The maximum Gasteiger partial charge on any atom is 0.265 e. The van der Waals surface area contributed by atoms with Crippen molar-refractivity contribution in [2.75, 3.05) is 11.9 Å². The van der Waals surface area contributed by atoms with Crippen LogP contribution in [0.5, 0.6) is 0 Å². The molecule has 2 aromatic heterocycles. The van der Waals surface area contributed by atoms with Gasteiger partial charge in [0.2, 0.25) is 0 Å². The Hall–Kier alpha value is -1.82. The Morgan fingerprint density at radius 3 is 2.65 bits per heavy atom. The first kappa shape index (κ1) is 13.2. The quantitative estimate of drug-likeness (QED) is 0.849. The number of amides is 1. The number of fused-ring (bicyclic) bond motifs is 1. The van der Waals surface area contributed by atoms with Crippen LogP contribution in [0, 0.1) is 13.8 Å². The molecule has 0 radical (unpaired) electrons. The number of aromatic nitrogens is 2. The van der Waals surface area contributed by atoms with E-state index in [4.69, 9.17) is 0 Å². The molecule has 0 fully saturated rings. The van der Waals surface area contributed by atoms with E-state index in [1.807, 2.05) is 34.7 Å². The lowest BCUT2D eigenvalue weighted by molar-refractivity contribution is 0.0905. The van der Waals surface area contributed by atoms with Crippen LogP contribution in [0.4, 0.5) is 5.69 Å². The van der Waals surface area contributed by atoms with Crippen molar-refractivity contribution in [1.82, 2.24) is 15.5 Å². The number of carbonyl (C=O) groups is 1. The number of thiophene rings is 1. The minimum Gasteiger partial charge on any atom is -0.351 e. The molecular formula is C14H18N4OS. The summed E-state index contributed by atoms with van der Waals surface area (Å²) in [6.45, 7) is 7.98. The van der Waals surface area contributed by atoms with Crippen LogP contribution in [-0.4, -0.2) is 28.8 Å². The second-order valence-electron chi connectivity index (χ2n) is 5.71. The Morgan fingerprint density at radius 2 is 2.05 bits per heavy atom. The standard InChI is InChI=1S/C14H18N4OS/c1-7-11(8(2)17-16-7)10-6-9-12(20-10)13(19)15-14(3,4)18(9)5/h6H,1-5H3,(H,15,19)(H,16,17). The molecule has 0 saturated heterocycles. The van der Waals surface area contributed by atoms with Gasteiger partial charge in [0.1, 0.15) is 10.5 Å². The summed E-state index contributed by atoms with van der Waals surface area (Å²) in [5.41, 5.74) is 3.71. The molecule has 0 aromatic carbocycles. The van der Waals surface area contributed by atoms with E-state index < -0.39 is 0 Å². The highest BCUT2D eigenvalue weighted by molar-refractivity contribution is 7.18. The van der Waals surface area contributed by atoms with Gasteiger partial charge in [0, 0.05) is 23.2 Å². The van der Waals surface area contributed by atoms with Gasteiger partial charge in [0.25, 0.3) is 5.91 Å². The van der Waals surface area contributed by atoms with E-state index >= 15 is 0 Å². The molecule has 2 N–H and O–H groups in total. The molecular weight excluding hydrogens is 272 g/mol. The van der Waals surface area contributed by atoms with Crippen molar-refractivity contribution >= 4 is 22.9 Å². The zero-order chi connectivity index (χ0) is 14.7. The van der Waals surface area contributed by atoms with Crippen molar-refractivity contribution < 1.29 is 4.79 Å². The maximum absolute atomic E-state index is 12.2. The Kier molecular flexibility index (Phi) is 2.69. The lowest BCUT2D eigenvalue weighted by Crippen LogP contribution is -2.58. The topological polar surface area (TPSA) is 61.0 Å². The molecule has 0 unspecified atom stereocenters. The fraction of sp³-hybridized carbons (Fsp3) is 0.429. The first-order valence-electron chi connectivity index (χ1n) is 6.53. The Morgan fingerprint density at radius 1 is 1.35 bits per heavy atom. The van der Waals surface area contributed by atoms with E-state index in [-0.39, 0.29) is 11.6 Å². The average Bonchev–Trinajstić information content (AvgIpc) is 2.91. The minimum atomic E-state index is -0.372. The van der Waals surface area contributed by atoms with Gasteiger partial charge in [-0.3, -0.25) is 9.89 Å². The van der Waals surface area contributed by atoms with Crippen LogP contribution in [0.3, 0.4) is 0 Å². The van der Waals surface area contributed by atoms with E-state index in [9.17, 15) is 4.79 Å². The van der Waals surface area contributed by atoms with Crippen LogP contribution < -0.4 is 10.2 Å². The number of nitrogens with zero attached hydrogens (tertiary/aromatic N) is 2. The van der Waals surface area contributed by atoms with Crippen LogP contribution in [0.25, 0.3) is 10.4 Å². The summed E-state index contributed by atoms with van der Waals surface area (Å²) in [5, 5.41) is 10.3. The van der Waals surface area contributed by atoms with E-state index in [1.165, 1.54) is 11.3 Å². The third-order valence-electron chi connectivity index (χ3n) is 3.91. The average molecular weight is 290 g/mol. The van der Waals surface area contributed by atoms with Gasteiger partial charge in [-0.1, -0.05) is 0 Å². The second-order valence-corrected chi connectivity index (χ2v) is 6.76. The van der Waals surface area contributed by atoms with Gasteiger partial charge < -0.3 is 10.2 Å². The van der Waals surface area contributed by atoms with Crippen molar-refractivity contribution in [3.63, 3.8) is 0 Å². The lowest BCUT2D eigenvalue weighted by atomic mass is 10.1. The predicted octanol–water partition coefficient (Wildman–Crippen LogP) is 2.67. The van der Waals surface area contributed by atoms with Gasteiger partial charge in [-0.2, -0.15) is 5.10 Å². The number of nitrogens with one attached hydrogen (secondary N) is 2. The number of aromatic amines is 1. The summed E-state index contributed by atoms with van der Waals surface area (Å²) in [4.78, 5) is 16.2. The summed E-state index contributed by atoms with van der Waals surface area (Å²) in [6, 6.07) is 2.09. The van der Waals surface area contributed by atoms with Crippen LogP contribution in [0.1, 0.15) is 34.9 Å². The molecule has 0 aliphatic carbocycles. The van der Waals surface area contributed by atoms with Crippen molar-refractivity contribution in [2.45, 2.75) is 33.4 Å². The number of hydrogen-bond donors (Lipinski definition) is 2. The van der Waals surface area contributed by atoms with Gasteiger partial charge in [0.15, 0.2) is 0 Å². The highest BCUT2D eigenvalue weighted by atomic mass is 32.1. The number of aryl methyl sites for hydroxylation is 2. The third kappa shape index (κ3) is 1.75. The minimum absolute atomic E-state index is 0.00171. The molecule has 6 heteroatoms. The van der Waals surface area contributed by atoms with Crippen molar-refractivity contribution in [1.29, 1.82) is 0 Å². The number of anilines is 1. The summed E-state index contributed by atoms with van der Waals surface area (Å²) in [6.07, 6.45) is 0. The third-order valence-corrected chi connectivity index (χ3v) is 5.05. The number of carbonyl (C=O) groups excluding carboxylic acids is 1. The molecule has 1 aliphatic rings. The Balaban J connectivity index is 2.16. The monoisotopic (exact) mass is 290 g/mol. The van der Waals surface area contributed by atoms with Crippen LogP contribution in [-0.2, 0) is 0 Å². The lowest BCUT2D eigenvalue weighted by Gasteiger charge is -2.41. The number of rotatable bonds is 1. The summed E-state index contributed by atoms with van der Waals surface area (Å²) >= 11 is 1.52. The molecule has 1 amide bonds. The number of H-pyrrole nitrogens is 1. The summed E-state index contributed by atoms with van der Waals surface area (Å²) in [7, 11) is 2.00. The first-order valence-corrected chi connectivity index (χ1v) is 7.35. The first-order chi connectivity index (χ1) is 9.31. The Bertz CT molecular complexity index is 679. The van der Waals surface area contributed by atoms with Crippen molar-refractivity contribution in [2.24, 2.45) is 0 Å². The van der Waals surface area contributed by atoms with Gasteiger partial charge in [-0.25, -0.2) is 0 Å². The highest BCUT2D eigenvalue weighted by Gasteiger charge is 2.36. The molecule has 20 heavy (non-hydrogen) atoms. The molecule has 2 aromatic rings. The largest absolute Gasteiger partial charge is 0.351 e. The van der Waals surface area contributed by atoms with E-state index in [0.717, 1.165) is 32.4 Å². The molecule has 0 bridgehead atoms. The van der Waals surface area contributed by atoms with Gasteiger partial charge in [-0.05, 0) is 33.8 Å². The molecule has 0 saturated carbocycles. The molecule has 3 rings (SSSR count). The second kappa shape index (κ2) is 4.09. The molecule has 1 aliphatic heterocycles. The maximum atomic E-state index is 12.2. The zero-order valence-electron chi connectivity index (χ0n) is 12.3. The highest BCUT2D eigenvalue weighted by Crippen LogP contribution is 2.42. The Labute approximate surface area is 122 Å². The van der Waals surface area contributed by atoms with Crippen molar-refractivity contribution in [3.8, 4) is 10.4 Å². The normalized spacial score (nSPS) is 17.1. The summed E-state index contributed by atoms with van der Waals surface area (Å²) < 4.78 is 0. The van der Waals surface area contributed by atoms with E-state index in [1.54, 1.807) is 0 Å².